The summed E-state index contributed by atoms with van der Waals surface area (Å²) in [6, 6.07) is 5.68. The van der Waals surface area contributed by atoms with E-state index in [4.69, 9.17) is 10.3 Å². The predicted octanol–water partition coefficient (Wildman–Crippen LogP) is 2.88. The number of aromatic nitrogens is 2. The van der Waals surface area contributed by atoms with Crippen LogP contribution in [0.25, 0.3) is 11.5 Å². The number of nitrogens with two attached hydrogens (primary N) is 1. The minimum atomic E-state index is 0.543. The van der Waals surface area contributed by atoms with Gasteiger partial charge in [-0.3, -0.25) is 0 Å². The van der Waals surface area contributed by atoms with Gasteiger partial charge in [0, 0.05) is 11.3 Å². The van der Waals surface area contributed by atoms with Crippen molar-refractivity contribution in [3.05, 3.63) is 29.6 Å². The Kier molecular flexibility index (Phi) is 3.68. The molecule has 0 bridgehead atoms. The summed E-state index contributed by atoms with van der Waals surface area (Å²) in [5.74, 6) is 3.10. The molecule has 2 aromatic rings. The number of nitrogens with zero attached hydrogens (tertiary/aromatic N) is 2. The minimum absolute atomic E-state index is 0.543. The van der Waals surface area contributed by atoms with Gasteiger partial charge in [-0.15, -0.1) is 0 Å². The van der Waals surface area contributed by atoms with Gasteiger partial charge in [0.25, 0.3) is 5.89 Å². The van der Waals surface area contributed by atoms with Crippen LogP contribution in [0.4, 0.5) is 5.69 Å². The number of nitrogen functional groups attached to an aromatic ring is 1. The SMILES string of the molecule is CCSCc1noc(-c2cc(N)ccc2C)n1. The maximum atomic E-state index is 5.76. The molecule has 17 heavy (non-hydrogen) atoms. The van der Waals surface area contributed by atoms with Crippen LogP contribution in [-0.2, 0) is 5.75 Å². The van der Waals surface area contributed by atoms with Crippen LogP contribution in [-0.4, -0.2) is 15.9 Å². The van der Waals surface area contributed by atoms with Crippen molar-refractivity contribution in [3.63, 3.8) is 0 Å². The molecule has 0 radical (unpaired) electrons. The van der Waals surface area contributed by atoms with Gasteiger partial charge in [0.1, 0.15) is 0 Å². The number of rotatable bonds is 4. The highest BCUT2D eigenvalue weighted by Crippen LogP contribution is 2.24. The Morgan fingerprint density at radius 1 is 1.41 bits per heavy atom. The lowest BCUT2D eigenvalue weighted by atomic mass is 10.1. The van der Waals surface area contributed by atoms with Crippen LogP contribution in [0.15, 0.2) is 22.7 Å². The maximum Gasteiger partial charge on any atom is 0.258 e. The normalized spacial score (nSPS) is 10.7. The second-order valence-corrected chi connectivity index (χ2v) is 5.00. The maximum absolute atomic E-state index is 5.76. The van der Waals surface area contributed by atoms with Crippen molar-refractivity contribution < 1.29 is 4.52 Å². The molecule has 2 N–H and O–H groups in total. The van der Waals surface area contributed by atoms with E-state index in [9.17, 15) is 0 Å². The third kappa shape index (κ3) is 2.79. The average Bonchev–Trinajstić information content (AvgIpc) is 2.78. The molecule has 0 aliphatic carbocycles. The van der Waals surface area contributed by atoms with Crippen LogP contribution in [0.1, 0.15) is 18.3 Å². The summed E-state index contributed by atoms with van der Waals surface area (Å²) in [5.41, 5.74) is 8.45. The Hall–Kier alpha value is -1.49. The molecule has 5 heteroatoms. The highest BCUT2D eigenvalue weighted by molar-refractivity contribution is 7.98. The van der Waals surface area contributed by atoms with Gasteiger partial charge in [0.15, 0.2) is 5.82 Å². The monoisotopic (exact) mass is 249 g/mol. The van der Waals surface area contributed by atoms with Crippen molar-refractivity contribution in [2.75, 3.05) is 11.5 Å². The average molecular weight is 249 g/mol. The fourth-order valence-electron chi connectivity index (χ4n) is 1.49. The molecule has 0 spiro atoms. The standard InChI is InChI=1S/C12H15N3OS/c1-3-17-7-11-14-12(16-15-11)10-6-9(13)5-4-8(10)2/h4-6H,3,7,13H2,1-2H3. The van der Waals surface area contributed by atoms with Gasteiger partial charge in [-0.25, -0.2) is 0 Å². The van der Waals surface area contributed by atoms with Crippen LogP contribution in [0.3, 0.4) is 0 Å². The molecule has 2 rings (SSSR count). The molecular weight excluding hydrogens is 234 g/mol. The Labute approximate surface area is 105 Å². The summed E-state index contributed by atoms with van der Waals surface area (Å²) < 4.78 is 5.25. The first-order valence-electron chi connectivity index (χ1n) is 5.47. The van der Waals surface area contributed by atoms with E-state index in [-0.39, 0.29) is 0 Å². The topological polar surface area (TPSA) is 64.9 Å². The van der Waals surface area contributed by atoms with E-state index < -0.39 is 0 Å². The van der Waals surface area contributed by atoms with E-state index in [2.05, 4.69) is 17.1 Å². The van der Waals surface area contributed by atoms with E-state index in [0.717, 1.165) is 28.5 Å². The summed E-state index contributed by atoms with van der Waals surface area (Å²) in [6.07, 6.45) is 0. The van der Waals surface area contributed by atoms with E-state index in [1.807, 2.05) is 25.1 Å². The summed E-state index contributed by atoms with van der Waals surface area (Å²) in [7, 11) is 0. The largest absolute Gasteiger partial charge is 0.399 e. The first-order valence-corrected chi connectivity index (χ1v) is 6.63. The lowest BCUT2D eigenvalue weighted by molar-refractivity contribution is 0.425. The van der Waals surface area contributed by atoms with Crippen LogP contribution in [0.2, 0.25) is 0 Å². The van der Waals surface area contributed by atoms with Gasteiger partial charge in [-0.2, -0.15) is 16.7 Å². The molecule has 0 fully saturated rings. The third-order valence-electron chi connectivity index (χ3n) is 2.40. The van der Waals surface area contributed by atoms with Gasteiger partial charge >= 0.3 is 0 Å². The predicted molar refractivity (Wildman–Crippen MR) is 70.7 cm³/mol. The number of aryl methyl sites for hydroxylation is 1. The zero-order valence-corrected chi connectivity index (χ0v) is 10.8. The summed E-state index contributed by atoms with van der Waals surface area (Å²) in [4.78, 5) is 4.37. The first kappa shape index (κ1) is 12.0. The Balaban J connectivity index is 2.27. The van der Waals surface area contributed by atoms with Gasteiger partial charge < -0.3 is 10.3 Å². The zero-order valence-electron chi connectivity index (χ0n) is 9.93. The Bertz CT molecular complexity index is 510. The molecular formula is C12H15N3OS. The Morgan fingerprint density at radius 2 is 2.24 bits per heavy atom. The van der Waals surface area contributed by atoms with Crippen molar-refractivity contribution in [2.45, 2.75) is 19.6 Å². The number of thioether (sulfide) groups is 1. The Morgan fingerprint density at radius 3 is 3.00 bits per heavy atom. The number of anilines is 1. The molecule has 4 nitrogen and oxygen atoms in total. The molecule has 1 aromatic heterocycles. The molecule has 0 aliphatic heterocycles. The molecule has 0 saturated heterocycles. The van der Waals surface area contributed by atoms with Crippen molar-refractivity contribution in [3.8, 4) is 11.5 Å². The quantitative estimate of drug-likeness (QED) is 0.844. The van der Waals surface area contributed by atoms with Crippen LogP contribution >= 0.6 is 11.8 Å². The van der Waals surface area contributed by atoms with Crippen molar-refractivity contribution >= 4 is 17.4 Å². The van der Waals surface area contributed by atoms with Crippen LogP contribution in [0, 0.1) is 6.92 Å². The lowest BCUT2D eigenvalue weighted by Gasteiger charge is -2.01. The summed E-state index contributed by atoms with van der Waals surface area (Å²) in [6.45, 7) is 4.10. The molecule has 0 saturated carbocycles. The second kappa shape index (κ2) is 5.23. The van der Waals surface area contributed by atoms with E-state index in [0.29, 0.717) is 11.6 Å². The number of benzene rings is 1. The summed E-state index contributed by atoms with van der Waals surface area (Å²) >= 11 is 1.77. The van der Waals surface area contributed by atoms with Crippen LogP contribution in [0.5, 0.6) is 0 Å². The lowest BCUT2D eigenvalue weighted by Crippen LogP contribution is -1.89. The smallest absolute Gasteiger partial charge is 0.258 e. The minimum Gasteiger partial charge on any atom is -0.399 e. The molecule has 0 aliphatic rings. The summed E-state index contributed by atoms with van der Waals surface area (Å²) in [5, 5.41) is 3.95. The van der Waals surface area contributed by atoms with Crippen molar-refractivity contribution in [2.24, 2.45) is 0 Å². The number of hydrogen-bond acceptors (Lipinski definition) is 5. The van der Waals surface area contributed by atoms with E-state index in [1.54, 1.807) is 11.8 Å². The fourth-order valence-corrected chi connectivity index (χ4v) is 1.99. The third-order valence-corrected chi connectivity index (χ3v) is 3.27. The molecule has 1 heterocycles. The van der Waals surface area contributed by atoms with Gasteiger partial charge in [0.2, 0.25) is 0 Å². The van der Waals surface area contributed by atoms with E-state index >= 15 is 0 Å². The zero-order chi connectivity index (χ0) is 12.3. The molecule has 0 amide bonds. The fraction of sp³-hybridized carbons (Fsp3) is 0.333. The van der Waals surface area contributed by atoms with Crippen LogP contribution < -0.4 is 5.73 Å². The molecule has 90 valence electrons. The van der Waals surface area contributed by atoms with Crippen molar-refractivity contribution in [1.82, 2.24) is 10.1 Å². The second-order valence-electron chi connectivity index (χ2n) is 3.73. The van der Waals surface area contributed by atoms with Gasteiger partial charge in [0.05, 0.1) is 5.75 Å². The van der Waals surface area contributed by atoms with Gasteiger partial charge in [-0.1, -0.05) is 18.1 Å². The first-order chi connectivity index (χ1) is 8.20. The molecule has 0 unspecified atom stereocenters. The van der Waals surface area contributed by atoms with Crippen molar-refractivity contribution in [1.29, 1.82) is 0 Å². The number of hydrogen-bond donors (Lipinski definition) is 1. The molecule has 1 aromatic carbocycles. The highest BCUT2D eigenvalue weighted by atomic mass is 32.2. The molecule has 0 atom stereocenters. The highest BCUT2D eigenvalue weighted by Gasteiger charge is 2.11. The van der Waals surface area contributed by atoms with Gasteiger partial charge in [-0.05, 0) is 30.4 Å². The van der Waals surface area contributed by atoms with E-state index in [1.165, 1.54) is 0 Å².